The van der Waals surface area contributed by atoms with Crippen molar-refractivity contribution in [3.63, 3.8) is 0 Å². The van der Waals surface area contributed by atoms with E-state index >= 15 is 0 Å². The van der Waals surface area contributed by atoms with Gasteiger partial charge in [0.2, 0.25) is 9.84 Å². The first kappa shape index (κ1) is 18.6. The van der Waals surface area contributed by atoms with E-state index in [1.165, 1.54) is 12.1 Å². The van der Waals surface area contributed by atoms with E-state index in [-0.39, 0.29) is 15.0 Å². The maximum Gasteiger partial charge on any atom is 0.265 e. The Bertz CT molecular complexity index is 1070. The van der Waals surface area contributed by atoms with Gasteiger partial charge in [0, 0.05) is 10.7 Å². The number of sulfone groups is 1. The molecule has 0 saturated carbocycles. The number of halogens is 1. The molecule has 0 bridgehead atoms. The summed E-state index contributed by atoms with van der Waals surface area (Å²) >= 11 is 7.00. The Morgan fingerprint density at radius 3 is 2.38 bits per heavy atom. The lowest BCUT2D eigenvalue weighted by Crippen LogP contribution is -2.11. The van der Waals surface area contributed by atoms with Gasteiger partial charge in [0.05, 0.1) is 9.77 Å². The minimum atomic E-state index is -3.64. The third-order valence-electron chi connectivity index (χ3n) is 3.92. The predicted molar refractivity (Wildman–Crippen MR) is 105 cm³/mol. The number of hydrogen-bond acceptors (Lipinski definition) is 4. The van der Waals surface area contributed by atoms with Gasteiger partial charge >= 0.3 is 0 Å². The van der Waals surface area contributed by atoms with Crippen molar-refractivity contribution in [2.45, 2.75) is 23.0 Å². The van der Waals surface area contributed by atoms with E-state index in [0.29, 0.717) is 15.6 Å². The Morgan fingerprint density at radius 2 is 1.69 bits per heavy atom. The summed E-state index contributed by atoms with van der Waals surface area (Å²) in [6.45, 7) is 3.70. The Balaban J connectivity index is 1.86. The average Bonchev–Trinajstić information content (AvgIpc) is 3.10. The van der Waals surface area contributed by atoms with Crippen molar-refractivity contribution in [3.8, 4) is 0 Å². The zero-order valence-corrected chi connectivity index (χ0v) is 16.5. The maximum atomic E-state index is 12.7. The highest BCUT2D eigenvalue weighted by molar-refractivity contribution is 7.93. The second-order valence-electron chi connectivity index (χ2n) is 5.80. The van der Waals surface area contributed by atoms with Crippen molar-refractivity contribution in [1.29, 1.82) is 0 Å². The van der Waals surface area contributed by atoms with Crippen LogP contribution in [-0.2, 0) is 9.84 Å². The van der Waals surface area contributed by atoms with Crippen LogP contribution in [0.2, 0.25) is 5.02 Å². The van der Waals surface area contributed by atoms with Gasteiger partial charge in [-0.05, 0) is 55.8 Å². The number of amides is 1. The van der Waals surface area contributed by atoms with E-state index in [4.69, 9.17) is 11.6 Å². The number of thiophene rings is 1. The summed E-state index contributed by atoms with van der Waals surface area (Å²) in [5.41, 5.74) is 2.33. The van der Waals surface area contributed by atoms with Gasteiger partial charge in [0.15, 0.2) is 0 Å². The van der Waals surface area contributed by atoms with E-state index in [2.05, 4.69) is 5.32 Å². The van der Waals surface area contributed by atoms with Gasteiger partial charge in [0.1, 0.15) is 4.21 Å². The molecule has 134 valence electrons. The first-order valence-corrected chi connectivity index (χ1v) is 10.4. The van der Waals surface area contributed by atoms with Crippen molar-refractivity contribution in [2.75, 3.05) is 5.32 Å². The summed E-state index contributed by atoms with van der Waals surface area (Å²) in [6.07, 6.45) is 0. The zero-order valence-electron chi connectivity index (χ0n) is 14.1. The van der Waals surface area contributed by atoms with Crippen LogP contribution in [0.25, 0.3) is 0 Å². The lowest BCUT2D eigenvalue weighted by molar-refractivity contribution is 0.103. The number of rotatable bonds is 4. The molecule has 0 aliphatic rings. The summed E-state index contributed by atoms with van der Waals surface area (Å²) in [5, 5.41) is 3.32. The van der Waals surface area contributed by atoms with Crippen LogP contribution in [0.1, 0.15) is 20.8 Å². The fraction of sp³-hybridized carbons (Fsp3) is 0.105. The first-order valence-electron chi connectivity index (χ1n) is 7.77. The Morgan fingerprint density at radius 1 is 1.00 bits per heavy atom. The lowest BCUT2D eigenvalue weighted by Gasteiger charge is -2.08. The molecule has 0 spiro atoms. The molecule has 26 heavy (non-hydrogen) atoms. The number of hydrogen-bond donors (Lipinski definition) is 1. The summed E-state index contributed by atoms with van der Waals surface area (Å²) in [5.74, 6) is -0.370. The number of aryl methyl sites for hydroxylation is 1. The van der Waals surface area contributed by atoms with E-state index in [1.54, 1.807) is 49.4 Å². The molecular formula is C19H16ClNO3S2. The Labute approximate surface area is 161 Å². The number of carbonyl (C=O) groups excluding carboxylic acids is 1. The molecule has 0 aliphatic carbocycles. The second-order valence-corrected chi connectivity index (χ2v) is 9.47. The van der Waals surface area contributed by atoms with Crippen LogP contribution in [0.3, 0.4) is 0 Å². The molecule has 0 unspecified atom stereocenters. The summed E-state index contributed by atoms with van der Waals surface area (Å²) in [6, 6.07) is 14.8. The number of nitrogens with one attached hydrogen (secondary N) is 1. The molecule has 4 nitrogen and oxygen atoms in total. The van der Waals surface area contributed by atoms with Crippen molar-refractivity contribution >= 4 is 44.4 Å². The monoisotopic (exact) mass is 405 g/mol. The largest absolute Gasteiger partial charge is 0.321 e. The molecule has 1 heterocycles. The van der Waals surface area contributed by atoms with Crippen molar-refractivity contribution < 1.29 is 13.2 Å². The molecule has 3 rings (SSSR count). The van der Waals surface area contributed by atoms with Crippen LogP contribution in [0.5, 0.6) is 0 Å². The quantitative estimate of drug-likeness (QED) is 0.656. The molecule has 2 aromatic carbocycles. The highest BCUT2D eigenvalue weighted by Gasteiger charge is 2.22. The number of carbonyl (C=O) groups is 1. The first-order chi connectivity index (χ1) is 12.3. The van der Waals surface area contributed by atoms with Gasteiger partial charge < -0.3 is 5.32 Å². The second kappa shape index (κ2) is 7.23. The van der Waals surface area contributed by atoms with Gasteiger partial charge in [-0.25, -0.2) is 8.42 Å². The summed E-state index contributed by atoms with van der Waals surface area (Å²) in [4.78, 5) is 13.0. The minimum absolute atomic E-state index is 0.134. The van der Waals surface area contributed by atoms with Crippen molar-refractivity contribution in [2.24, 2.45) is 0 Å². The summed E-state index contributed by atoms with van der Waals surface area (Å²) in [7, 11) is -3.64. The number of benzene rings is 2. The molecule has 7 heteroatoms. The molecule has 0 aliphatic heterocycles. The molecule has 0 fully saturated rings. The SMILES string of the molecule is Cc1ccc(S(=O)(=O)c2ccc(C(=O)Nc3cccc(Cl)c3C)s2)cc1. The highest BCUT2D eigenvalue weighted by atomic mass is 35.5. The van der Waals surface area contributed by atoms with E-state index in [1.807, 2.05) is 6.92 Å². The highest BCUT2D eigenvalue weighted by Crippen LogP contribution is 2.29. The fourth-order valence-electron chi connectivity index (χ4n) is 2.35. The van der Waals surface area contributed by atoms with Crippen LogP contribution in [0, 0.1) is 13.8 Å². The van der Waals surface area contributed by atoms with Crippen molar-refractivity contribution in [1.82, 2.24) is 0 Å². The Kier molecular flexibility index (Phi) is 5.18. The van der Waals surface area contributed by atoms with E-state index < -0.39 is 9.84 Å². The number of anilines is 1. The lowest BCUT2D eigenvalue weighted by atomic mass is 10.2. The van der Waals surface area contributed by atoms with Crippen LogP contribution in [-0.4, -0.2) is 14.3 Å². The predicted octanol–water partition coefficient (Wildman–Crippen LogP) is 5.10. The third kappa shape index (κ3) is 3.67. The third-order valence-corrected chi connectivity index (χ3v) is 7.67. The molecular weight excluding hydrogens is 390 g/mol. The van der Waals surface area contributed by atoms with Gasteiger partial charge in [-0.15, -0.1) is 11.3 Å². The molecule has 0 saturated heterocycles. The van der Waals surface area contributed by atoms with Crippen molar-refractivity contribution in [3.05, 3.63) is 75.6 Å². The molecule has 1 aromatic heterocycles. The standard InChI is InChI=1S/C19H16ClNO3S2/c1-12-6-8-14(9-7-12)26(23,24)18-11-10-17(25-18)19(22)21-16-5-3-4-15(20)13(16)2/h3-11H,1-2H3,(H,21,22). The zero-order chi connectivity index (χ0) is 18.9. The minimum Gasteiger partial charge on any atom is -0.321 e. The molecule has 0 atom stereocenters. The van der Waals surface area contributed by atoms with Crippen LogP contribution >= 0.6 is 22.9 Å². The van der Waals surface area contributed by atoms with Gasteiger partial charge in [0.25, 0.3) is 5.91 Å². The van der Waals surface area contributed by atoms with Crippen LogP contribution in [0.15, 0.2) is 63.7 Å². The fourth-order valence-corrected chi connectivity index (χ4v) is 5.12. The molecule has 1 N–H and O–H groups in total. The van der Waals surface area contributed by atoms with Gasteiger partial charge in [-0.3, -0.25) is 4.79 Å². The van der Waals surface area contributed by atoms with Gasteiger partial charge in [-0.1, -0.05) is 35.4 Å². The maximum absolute atomic E-state index is 12.7. The molecule has 0 radical (unpaired) electrons. The van der Waals surface area contributed by atoms with E-state index in [0.717, 1.165) is 22.5 Å². The van der Waals surface area contributed by atoms with Gasteiger partial charge in [-0.2, -0.15) is 0 Å². The molecule has 1 amide bonds. The van der Waals surface area contributed by atoms with E-state index in [9.17, 15) is 13.2 Å². The summed E-state index contributed by atoms with van der Waals surface area (Å²) < 4.78 is 25.5. The van der Waals surface area contributed by atoms with Crippen LogP contribution in [0.4, 0.5) is 5.69 Å². The topological polar surface area (TPSA) is 63.2 Å². The average molecular weight is 406 g/mol. The van der Waals surface area contributed by atoms with Crippen LogP contribution < -0.4 is 5.32 Å². The normalized spacial score (nSPS) is 11.3. The molecule has 3 aromatic rings. The Hall–Kier alpha value is -2.15. The smallest absolute Gasteiger partial charge is 0.265 e.